The van der Waals surface area contributed by atoms with E-state index in [9.17, 15) is 4.79 Å². The van der Waals surface area contributed by atoms with Crippen molar-refractivity contribution in [3.63, 3.8) is 0 Å². The number of hydrogen-bond donors (Lipinski definition) is 1. The van der Waals surface area contributed by atoms with Crippen LogP contribution in [0.1, 0.15) is 30.0 Å². The highest BCUT2D eigenvalue weighted by Gasteiger charge is 2.28. The van der Waals surface area contributed by atoms with Crippen LogP contribution >= 0.6 is 0 Å². The maximum Gasteiger partial charge on any atom is 0.225 e. The number of methoxy groups -OCH3 is 1. The molecule has 104 valence electrons. The van der Waals surface area contributed by atoms with Gasteiger partial charge in [-0.2, -0.15) is 0 Å². The average molecular weight is 262 g/mol. The number of benzene rings is 1. The lowest BCUT2D eigenvalue weighted by Crippen LogP contribution is -2.35. The van der Waals surface area contributed by atoms with E-state index in [1.54, 1.807) is 7.11 Å². The number of hydrogen-bond acceptors (Lipinski definition) is 3. The second kappa shape index (κ2) is 6.17. The molecule has 0 radical (unpaired) electrons. The largest absolute Gasteiger partial charge is 0.380 e. The van der Waals surface area contributed by atoms with Gasteiger partial charge >= 0.3 is 0 Å². The average Bonchev–Trinajstić information content (AvgIpc) is 2.87. The zero-order valence-corrected chi connectivity index (χ0v) is 11.6. The van der Waals surface area contributed by atoms with Crippen LogP contribution < -0.4 is 5.73 Å². The predicted octanol–water partition coefficient (Wildman–Crippen LogP) is 1.50. The number of aryl methyl sites for hydroxylation is 1. The number of nitrogens with zero attached hydrogens (tertiary/aromatic N) is 1. The molecule has 0 saturated heterocycles. The first-order valence-electron chi connectivity index (χ1n) is 6.73. The van der Waals surface area contributed by atoms with Crippen molar-refractivity contribution in [3.05, 3.63) is 35.4 Å². The first-order chi connectivity index (χ1) is 9.17. The molecule has 0 heterocycles. The Kier molecular flexibility index (Phi) is 4.56. The summed E-state index contributed by atoms with van der Waals surface area (Å²) in [6.07, 6.45) is 2.21. The molecule has 2 atom stereocenters. The maximum absolute atomic E-state index is 12.3. The van der Waals surface area contributed by atoms with Crippen LogP contribution in [0.3, 0.4) is 0 Å². The molecule has 2 unspecified atom stereocenters. The van der Waals surface area contributed by atoms with Crippen LogP contribution in [0.2, 0.25) is 0 Å². The van der Waals surface area contributed by atoms with E-state index in [4.69, 9.17) is 10.5 Å². The molecule has 1 amide bonds. The van der Waals surface area contributed by atoms with Gasteiger partial charge in [-0.25, -0.2) is 0 Å². The fourth-order valence-electron chi connectivity index (χ4n) is 2.71. The molecule has 4 nitrogen and oxygen atoms in total. The molecule has 2 N–H and O–H groups in total. The molecular weight excluding hydrogens is 240 g/mol. The Morgan fingerprint density at radius 1 is 1.53 bits per heavy atom. The number of carbonyl (C=O) groups is 1. The van der Waals surface area contributed by atoms with Crippen molar-refractivity contribution in [2.75, 3.05) is 20.7 Å². The number of nitrogens with two attached hydrogens (primary N) is 1. The lowest BCUT2D eigenvalue weighted by atomic mass is 10.1. The number of ether oxygens (including phenoxy) is 1. The minimum atomic E-state index is -0.188. The molecule has 0 spiro atoms. The topological polar surface area (TPSA) is 55.6 Å². The van der Waals surface area contributed by atoms with E-state index in [-0.39, 0.29) is 18.1 Å². The standard InChI is InChI=1S/C15H22N2O2/c1-17(15(18)9-12(10-16)19-2)14-8-7-11-5-3-4-6-13(11)14/h3-6,12,14H,7-10,16H2,1-2H3. The smallest absolute Gasteiger partial charge is 0.225 e. The molecular formula is C15H22N2O2. The molecule has 0 aliphatic heterocycles. The summed E-state index contributed by atoms with van der Waals surface area (Å²) in [4.78, 5) is 14.1. The molecule has 0 aromatic heterocycles. The lowest BCUT2D eigenvalue weighted by molar-refractivity contribution is -0.134. The molecule has 1 aliphatic rings. The van der Waals surface area contributed by atoms with Crippen LogP contribution in [0.15, 0.2) is 24.3 Å². The summed E-state index contributed by atoms with van der Waals surface area (Å²) in [5, 5.41) is 0. The van der Waals surface area contributed by atoms with Gasteiger partial charge in [0.1, 0.15) is 0 Å². The van der Waals surface area contributed by atoms with Crippen LogP contribution in [0.25, 0.3) is 0 Å². The normalized spacial score (nSPS) is 19.0. The lowest BCUT2D eigenvalue weighted by Gasteiger charge is -2.27. The molecule has 1 aromatic carbocycles. The first kappa shape index (κ1) is 14.0. The molecule has 0 bridgehead atoms. The van der Waals surface area contributed by atoms with Crippen molar-refractivity contribution in [2.45, 2.75) is 31.4 Å². The van der Waals surface area contributed by atoms with Gasteiger partial charge in [-0.1, -0.05) is 24.3 Å². The second-order valence-corrected chi connectivity index (χ2v) is 5.06. The van der Waals surface area contributed by atoms with Gasteiger partial charge in [0.05, 0.1) is 18.6 Å². The Hall–Kier alpha value is -1.39. The minimum Gasteiger partial charge on any atom is -0.380 e. The summed E-state index contributed by atoms with van der Waals surface area (Å²) in [5.74, 6) is 0.0963. The first-order valence-corrected chi connectivity index (χ1v) is 6.73. The fraction of sp³-hybridized carbons (Fsp3) is 0.533. The zero-order valence-electron chi connectivity index (χ0n) is 11.6. The summed E-state index contributed by atoms with van der Waals surface area (Å²) >= 11 is 0. The summed E-state index contributed by atoms with van der Waals surface area (Å²) in [6, 6.07) is 8.55. The minimum absolute atomic E-state index is 0.0963. The highest BCUT2D eigenvalue weighted by atomic mass is 16.5. The SMILES string of the molecule is COC(CN)CC(=O)N(C)C1CCc2ccccc21. The van der Waals surface area contributed by atoms with Crippen molar-refractivity contribution in [3.8, 4) is 0 Å². The summed E-state index contributed by atoms with van der Waals surface area (Å²) in [6.45, 7) is 0.372. The van der Waals surface area contributed by atoms with Gasteiger partial charge in [-0.05, 0) is 24.0 Å². The molecule has 2 rings (SSSR count). The monoisotopic (exact) mass is 262 g/mol. The van der Waals surface area contributed by atoms with E-state index >= 15 is 0 Å². The Balaban J connectivity index is 2.05. The van der Waals surface area contributed by atoms with Gasteiger partial charge in [-0.15, -0.1) is 0 Å². The zero-order chi connectivity index (χ0) is 13.8. The van der Waals surface area contributed by atoms with Crippen LogP contribution in [0, 0.1) is 0 Å². The third-order valence-corrected chi connectivity index (χ3v) is 3.96. The van der Waals surface area contributed by atoms with Crippen LogP contribution in [-0.4, -0.2) is 37.6 Å². The fourth-order valence-corrected chi connectivity index (χ4v) is 2.71. The predicted molar refractivity (Wildman–Crippen MR) is 74.7 cm³/mol. The van der Waals surface area contributed by atoms with Crippen molar-refractivity contribution < 1.29 is 9.53 Å². The molecule has 1 aliphatic carbocycles. The van der Waals surface area contributed by atoms with Crippen LogP contribution in [-0.2, 0) is 16.0 Å². The Morgan fingerprint density at radius 3 is 2.95 bits per heavy atom. The van der Waals surface area contributed by atoms with Crippen molar-refractivity contribution >= 4 is 5.91 Å². The highest BCUT2D eigenvalue weighted by molar-refractivity contribution is 5.77. The molecule has 19 heavy (non-hydrogen) atoms. The Labute approximate surface area is 114 Å². The number of carbonyl (C=O) groups excluding carboxylic acids is 1. The van der Waals surface area contributed by atoms with Gasteiger partial charge in [0.2, 0.25) is 5.91 Å². The summed E-state index contributed by atoms with van der Waals surface area (Å²) in [5.41, 5.74) is 8.20. The highest BCUT2D eigenvalue weighted by Crippen LogP contribution is 2.35. The number of rotatable bonds is 5. The quantitative estimate of drug-likeness (QED) is 0.875. The Bertz CT molecular complexity index is 444. The molecule has 0 fully saturated rings. The van der Waals surface area contributed by atoms with Crippen molar-refractivity contribution in [1.82, 2.24) is 4.90 Å². The van der Waals surface area contributed by atoms with Gasteiger partial charge < -0.3 is 15.4 Å². The third kappa shape index (κ3) is 2.96. The maximum atomic E-state index is 12.3. The van der Waals surface area contributed by atoms with E-state index in [1.165, 1.54) is 11.1 Å². The van der Waals surface area contributed by atoms with E-state index in [1.807, 2.05) is 18.0 Å². The van der Waals surface area contributed by atoms with E-state index in [0.29, 0.717) is 13.0 Å². The van der Waals surface area contributed by atoms with Gasteiger partial charge in [-0.3, -0.25) is 4.79 Å². The van der Waals surface area contributed by atoms with Crippen LogP contribution in [0.5, 0.6) is 0 Å². The van der Waals surface area contributed by atoms with E-state index < -0.39 is 0 Å². The third-order valence-electron chi connectivity index (χ3n) is 3.96. The van der Waals surface area contributed by atoms with Crippen molar-refractivity contribution in [1.29, 1.82) is 0 Å². The van der Waals surface area contributed by atoms with Gasteiger partial charge in [0.25, 0.3) is 0 Å². The summed E-state index contributed by atoms with van der Waals surface area (Å²) < 4.78 is 5.18. The second-order valence-electron chi connectivity index (χ2n) is 5.06. The van der Waals surface area contributed by atoms with Gasteiger partial charge in [0, 0.05) is 20.7 Å². The van der Waals surface area contributed by atoms with E-state index in [2.05, 4.69) is 18.2 Å². The molecule has 0 saturated carbocycles. The summed E-state index contributed by atoms with van der Waals surface area (Å²) in [7, 11) is 3.47. The molecule has 1 aromatic rings. The number of fused-ring (bicyclic) bond motifs is 1. The Morgan fingerprint density at radius 2 is 2.26 bits per heavy atom. The van der Waals surface area contributed by atoms with Crippen LogP contribution in [0.4, 0.5) is 0 Å². The number of amides is 1. The molecule has 4 heteroatoms. The van der Waals surface area contributed by atoms with Crippen molar-refractivity contribution in [2.24, 2.45) is 5.73 Å². The van der Waals surface area contributed by atoms with E-state index in [0.717, 1.165) is 12.8 Å². The van der Waals surface area contributed by atoms with Gasteiger partial charge in [0.15, 0.2) is 0 Å².